The third-order valence-electron chi connectivity index (χ3n) is 6.28. The topological polar surface area (TPSA) is 15.8 Å². The molecule has 0 spiro atoms. The third kappa shape index (κ3) is 5.77. The summed E-state index contributed by atoms with van der Waals surface area (Å²) in [5, 5.41) is 0. The minimum Gasteiger partial charge on any atom is -0.361 e. The van der Waals surface area contributed by atoms with Gasteiger partial charge in [0.15, 0.2) is 0 Å². The van der Waals surface area contributed by atoms with E-state index in [1.54, 1.807) is 0 Å². The summed E-state index contributed by atoms with van der Waals surface area (Å²) in [4.78, 5) is 3.78. The van der Waals surface area contributed by atoms with Crippen molar-refractivity contribution in [3.8, 4) is 0 Å². The van der Waals surface area contributed by atoms with Crippen molar-refractivity contribution in [2.75, 3.05) is 0 Å². The number of allylic oxidation sites excluding steroid dienone is 2. The van der Waals surface area contributed by atoms with Crippen LogP contribution >= 0.6 is 0 Å². The largest absolute Gasteiger partial charge is 0.361 e. The first-order valence-corrected chi connectivity index (χ1v) is 12.1. The standard InChI is InChI=1S/C34H29N/c1-5-13-27(14-6-1)21-23-31(29-17-9-3-10-18-29)33-25-26-34(35-33)32(30-19-11-4-12-20-30)24-22-28-15-7-2-8-16-28/h1-26,31-32,35H/b23-21+,24-22+. The second-order valence-electron chi connectivity index (χ2n) is 8.69. The molecule has 1 heterocycles. The molecule has 5 rings (SSSR count). The highest BCUT2D eigenvalue weighted by atomic mass is 14.7. The Labute approximate surface area is 208 Å². The average molecular weight is 452 g/mol. The summed E-state index contributed by atoms with van der Waals surface area (Å²) in [6.07, 6.45) is 9.00. The summed E-state index contributed by atoms with van der Waals surface area (Å²) < 4.78 is 0. The van der Waals surface area contributed by atoms with Crippen LogP contribution in [0, 0.1) is 0 Å². The number of hydrogen-bond acceptors (Lipinski definition) is 0. The number of H-pyrrole nitrogens is 1. The molecule has 0 amide bonds. The van der Waals surface area contributed by atoms with Crippen molar-refractivity contribution in [1.82, 2.24) is 4.98 Å². The molecule has 0 saturated heterocycles. The van der Waals surface area contributed by atoms with Gasteiger partial charge in [0.1, 0.15) is 0 Å². The van der Waals surface area contributed by atoms with E-state index in [2.05, 4.69) is 163 Å². The zero-order chi connectivity index (χ0) is 23.7. The van der Waals surface area contributed by atoms with E-state index in [1.165, 1.54) is 33.6 Å². The predicted molar refractivity (Wildman–Crippen MR) is 148 cm³/mol. The molecule has 5 aromatic rings. The second kappa shape index (κ2) is 11.2. The van der Waals surface area contributed by atoms with Crippen LogP contribution in [0.5, 0.6) is 0 Å². The molecular formula is C34H29N. The van der Waals surface area contributed by atoms with E-state index in [0.717, 1.165) is 0 Å². The van der Waals surface area contributed by atoms with Crippen LogP contribution in [0.4, 0.5) is 0 Å². The Hall–Kier alpha value is -4.36. The van der Waals surface area contributed by atoms with Crippen molar-refractivity contribution in [3.05, 3.63) is 179 Å². The molecular weight excluding hydrogens is 422 g/mol. The Morgan fingerprint density at radius 1 is 0.400 bits per heavy atom. The summed E-state index contributed by atoms with van der Waals surface area (Å²) in [7, 11) is 0. The van der Waals surface area contributed by atoms with Gasteiger partial charge >= 0.3 is 0 Å². The van der Waals surface area contributed by atoms with Gasteiger partial charge in [0.05, 0.1) is 0 Å². The van der Waals surface area contributed by atoms with Crippen LogP contribution in [0.3, 0.4) is 0 Å². The van der Waals surface area contributed by atoms with Gasteiger partial charge in [-0.25, -0.2) is 0 Å². The van der Waals surface area contributed by atoms with Crippen LogP contribution < -0.4 is 0 Å². The first-order chi connectivity index (χ1) is 17.4. The Balaban J connectivity index is 1.50. The molecule has 1 N–H and O–H groups in total. The lowest BCUT2D eigenvalue weighted by Gasteiger charge is -2.15. The Kier molecular flexibility index (Phi) is 7.16. The van der Waals surface area contributed by atoms with Crippen LogP contribution in [0.1, 0.15) is 45.5 Å². The van der Waals surface area contributed by atoms with Crippen molar-refractivity contribution < 1.29 is 0 Å². The molecule has 0 aliphatic carbocycles. The average Bonchev–Trinajstić information content (AvgIpc) is 3.41. The SMILES string of the molecule is C(=C\C(c1ccccc1)c1ccc(C(/C=C/c2ccccc2)c2ccccc2)[nH]1)/c1ccccc1. The molecule has 4 aromatic carbocycles. The number of aromatic nitrogens is 1. The quantitative estimate of drug-likeness (QED) is 0.243. The van der Waals surface area contributed by atoms with Gasteiger partial charge in [0, 0.05) is 23.2 Å². The Morgan fingerprint density at radius 2 is 0.743 bits per heavy atom. The number of benzene rings is 4. The fourth-order valence-corrected chi connectivity index (χ4v) is 4.44. The Morgan fingerprint density at radius 3 is 1.11 bits per heavy atom. The van der Waals surface area contributed by atoms with Gasteiger partial charge in [-0.15, -0.1) is 0 Å². The lowest BCUT2D eigenvalue weighted by molar-refractivity contribution is 0.918. The molecule has 0 fully saturated rings. The summed E-state index contributed by atoms with van der Waals surface area (Å²) in [6, 6.07) is 46.8. The van der Waals surface area contributed by atoms with E-state index in [4.69, 9.17) is 0 Å². The van der Waals surface area contributed by atoms with Gasteiger partial charge in [-0.2, -0.15) is 0 Å². The second-order valence-corrected chi connectivity index (χ2v) is 8.69. The summed E-state index contributed by atoms with van der Waals surface area (Å²) in [5.41, 5.74) is 7.31. The summed E-state index contributed by atoms with van der Waals surface area (Å²) in [5.74, 6) is 0.277. The molecule has 170 valence electrons. The molecule has 1 nitrogen and oxygen atoms in total. The maximum atomic E-state index is 3.78. The van der Waals surface area contributed by atoms with Crippen LogP contribution in [-0.2, 0) is 0 Å². The van der Waals surface area contributed by atoms with Crippen molar-refractivity contribution in [2.24, 2.45) is 0 Å². The normalized spacial score (nSPS) is 13.3. The van der Waals surface area contributed by atoms with Crippen LogP contribution in [-0.4, -0.2) is 4.98 Å². The lowest BCUT2D eigenvalue weighted by Crippen LogP contribution is -2.02. The molecule has 0 aliphatic rings. The molecule has 0 bridgehead atoms. The minimum atomic E-state index is 0.139. The first kappa shape index (κ1) is 22.4. The van der Waals surface area contributed by atoms with Gasteiger partial charge in [-0.1, -0.05) is 146 Å². The van der Waals surface area contributed by atoms with Crippen molar-refractivity contribution in [2.45, 2.75) is 11.8 Å². The highest BCUT2D eigenvalue weighted by Crippen LogP contribution is 2.31. The minimum absolute atomic E-state index is 0.139. The fraction of sp³-hybridized carbons (Fsp3) is 0.0588. The highest BCUT2D eigenvalue weighted by molar-refractivity contribution is 5.54. The van der Waals surface area contributed by atoms with Crippen LogP contribution in [0.15, 0.2) is 146 Å². The molecule has 0 saturated carbocycles. The van der Waals surface area contributed by atoms with Crippen molar-refractivity contribution in [3.63, 3.8) is 0 Å². The van der Waals surface area contributed by atoms with Gasteiger partial charge < -0.3 is 4.98 Å². The Bertz CT molecular complexity index is 1260. The zero-order valence-corrected chi connectivity index (χ0v) is 19.7. The number of rotatable bonds is 8. The monoisotopic (exact) mass is 451 g/mol. The smallest absolute Gasteiger partial charge is 0.0424 e. The number of hydrogen-bond donors (Lipinski definition) is 1. The van der Waals surface area contributed by atoms with E-state index in [0.29, 0.717) is 0 Å². The van der Waals surface area contributed by atoms with Crippen LogP contribution in [0.2, 0.25) is 0 Å². The highest BCUT2D eigenvalue weighted by Gasteiger charge is 2.17. The maximum absolute atomic E-state index is 3.78. The fourth-order valence-electron chi connectivity index (χ4n) is 4.44. The molecule has 0 radical (unpaired) electrons. The van der Waals surface area contributed by atoms with Gasteiger partial charge in [-0.3, -0.25) is 0 Å². The van der Waals surface area contributed by atoms with Gasteiger partial charge in [0.25, 0.3) is 0 Å². The van der Waals surface area contributed by atoms with E-state index in [1.807, 2.05) is 0 Å². The number of aromatic amines is 1. The van der Waals surface area contributed by atoms with Gasteiger partial charge in [-0.05, 0) is 34.4 Å². The molecule has 1 aromatic heterocycles. The summed E-state index contributed by atoms with van der Waals surface area (Å²) in [6.45, 7) is 0. The van der Waals surface area contributed by atoms with E-state index < -0.39 is 0 Å². The van der Waals surface area contributed by atoms with E-state index in [-0.39, 0.29) is 11.8 Å². The van der Waals surface area contributed by atoms with Gasteiger partial charge in [0.2, 0.25) is 0 Å². The first-order valence-electron chi connectivity index (χ1n) is 12.1. The molecule has 1 heteroatoms. The van der Waals surface area contributed by atoms with Crippen molar-refractivity contribution >= 4 is 12.2 Å². The lowest BCUT2D eigenvalue weighted by atomic mass is 9.94. The molecule has 2 atom stereocenters. The summed E-state index contributed by atoms with van der Waals surface area (Å²) >= 11 is 0. The molecule has 2 unspecified atom stereocenters. The third-order valence-corrected chi connectivity index (χ3v) is 6.28. The maximum Gasteiger partial charge on any atom is 0.0424 e. The zero-order valence-electron chi connectivity index (χ0n) is 19.7. The molecule has 0 aliphatic heterocycles. The van der Waals surface area contributed by atoms with E-state index >= 15 is 0 Å². The predicted octanol–water partition coefficient (Wildman–Crippen LogP) is 8.71. The van der Waals surface area contributed by atoms with E-state index in [9.17, 15) is 0 Å². The van der Waals surface area contributed by atoms with Crippen molar-refractivity contribution in [1.29, 1.82) is 0 Å². The van der Waals surface area contributed by atoms with Crippen LogP contribution in [0.25, 0.3) is 12.2 Å². The molecule has 35 heavy (non-hydrogen) atoms. The number of nitrogens with one attached hydrogen (secondary N) is 1.